The van der Waals surface area contributed by atoms with Crippen molar-refractivity contribution < 1.29 is 4.39 Å². The van der Waals surface area contributed by atoms with Gasteiger partial charge in [-0.15, -0.1) is 0 Å². The first-order valence-corrected chi connectivity index (χ1v) is 8.34. The molecule has 1 aromatic carbocycles. The van der Waals surface area contributed by atoms with Crippen LogP contribution in [0.15, 0.2) is 30.3 Å². The number of halogens is 1. The van der Waals surface area contributed by atoms with Gasteiger partial charge in [0, 0.05) is 25.7 Å². The maximum absolute atomic E-state index is 13.5. The first-order valence-electron chi connectivity index (χ1n) is 8.34. The zero-order valence-electron chi connectivity index (χ0n) is 12.7. The fourth-order valence-electron chi connectivity index (χ4n) is 4.62. The number of likely N-dealkylation sites (tertiary alicyclic amines) is 1. The van der Waals surface area contributed by atoms with E-state index in [-0.39, 0.29) is 0 Å². The van der Waals surface area contributed by atoms with E-state index in [4.69, 9.17) is 0 Å². The first-order chi connectivity index (χ1) is 10.1. The summed E-state index contributed by atoms with van der Waals surface area (Å²) >= 11 is 0. The summed E-state index contributed by atoms with van der Waals surface area (Å²) in [5.41, 5.74) is 0.973. The van der Waals surface area contributed by atoms with E-state index < -0.39 is 5.67 Å². The summed E-state index contributed by atoms with van der Waals surface area (Å²) in [7, 11) is 0. The third-order valence-electron chi connectivity index (χ3n) is 5.60. The van der Waals surface area contributed by atoms with Gasteiger partial charge < -0.3 is 5.32 Å². The summed E-state index contributed by atoms with van der Waals surface area (Å²) in [5, 5.41) is 3.73. The second kappa shape index (κ2) is 5.06. The molecule has 0 amide bonds. The molecule has 5 rings (SSSR count). The van der Waals surface area contributed by atoms with Crippen LogP contribution >= 0.6 is 0 Å². The molecule has 0 aromatic heterocycles. The van der Waals surface area contributed by atoms with E-state index in [0.717, 1.165) is 38.9 Å². The molecule has 1 N–H and O–H groups in total. The Kier molecular flexibility index (Phi) is 3.31. The first kappa shape index (κ1) is 13.7. The number of hydrogen-bond acceptors (Lipinski definition) is 2. The molecule has 0 spiro atoms. The highest BCUT2D eigenvalue weighted by Crippen LogP contribution is 2.69. The van der Waals surface area contributed by atoms with Crippen LogP contribution in [0.4, 0.5) is 4.39 Å². The number of nitrogens with one attached hydrogen (secondary N) is 1. The Morgan fingerprint density at radius 2 is 1.95 bits per heavy atom. The molecular weight excluding hydrogens is 263 g/mol. The molecule has 4 aliphatic rings. The Morgan fingerprint density at radius 1 is 1.19 bits per heavy atom. The van der Waals surface area contributed by atoms with Crippen LogP contribution in [0.5, 0.6) is 0 Å². The molecule has 1 saturated heterocycles. The Bertz CT molecular complexity index is 481. The van der Waals surface area contributed by atoms with Gasteiger partial charge in [0.25, 0.3) is 0 Å². The summed E-state index contributed by atoms with van der Waals surface area (Å²) in [5.74, 6) is 0. The number of alkyl halides is 1. The number of rotatable bonds is 5. The van der Waals surface area contributed by atoms with Crippen molar-refractivity contribution in [3.8, 4) is 0 Å². The van der Waals surface area contributed by atoms with Gasteiger partial charge in [0.15, 0.2) is 0 Å². The highest BCUT2D eigenvalue weighted by Gasteiger charge is 2.68. The molecule has 3 heteroatoms. The van der Waals surface area contributed by atoms with E-state index in [9.17, 15) is 4.39 Å². The highest BCUT2D eigenvalue weighted by atomic mass is 19.1. The van der Waals surface area contributed by atoms with Crippen LogP contribution in [0.3, 0.4) is 0 Å². The predicted molar refractivity (Wildman–Crippen MR) is 82.9 cm³/mol. The van der Waals surface area contributed by atoms with Crippen molar-refractivity contribution >= 4 is 0 Å². The second-order valence-corrected chi connectivity index (χ2v) is 7.62. The van der Waals surface area contributed by atoms with E-state index in [2.05, 4.69) is 40.5 Å². The molecule has 2 nitrogen and oxygen atoms in total. The minimum Gasteiger partial charge on any atom is -0.312 e. The van der Waals surface area contributed by atoms with Gasteiger partial charge in [0.2, 0.25) is 0 Å². The van der Waals surface area contributed by atoms with Crippen molar-refractivity contribution in [2.24, 2.45) is 5.41 Å². The fourth-order valence-corrected chi connectivity index (χ4v) is 4.62. The molecule has 21 heavy (non-hydrogen) atoms. The molecule has 2 bridgehead atoms. The van der Waals surface area contributed by atoms with Gasteiger partial charge in [-0.2, -0.15) is 0 Å². The maximum Gasteiger partial charge on any atom is 0.112 e. The lowest BCUT2D eigenvalue weighted by molar-refractivity contribution is -0.210. The summed E-state index contributed by atoms with van der Waals surface area (Å²) in [6, 6.07) is 11.3. The molecule has 1 aliphatic heterocycles. The Morgan fingerprint density at radius 3 is 2.67 bits per heavy atom. The minimum atomic E-state index is -0.756. The lowest BCUT2D eigenvalue weighted by Gasteiger charge is -2.66. The van der Waals surface area contributed by atoms with Gasteiger partial charge in [-0.25, -0.2) is 4.39 Å². The highest BCUT2D eigenvalue weighted by molar-refractivity contribution is 5.19. The SMILES string of the molecule is FC12CC(CN[C@@H]3CCCN(Cc4ccccc4)C3)(C1)C2. The third-order valence-corrected chi connectivity index (χ3v) is 5.60. The monoisotopic (exact) mass is 288 g/mol. The van der Waals surface area contributed by atoms with Crippen molar-refractivity contribution in [3.63, 3.8) is 0 Å². The maximum atomic E-state index is 13.5. The van der Waals surface area contributed by atoms with Crippen LogP contribution < -0.4 is 5.32 Å². The number of nitrogens with zero attached hydrogens (tertiary/aromatic N) is 1. The quantitative estimate of drug-likeness (QED) is 0.895. The number of hydrogen-bond donors (Lipinski definition) is 1. The molecule has 114 valence electrons. The van der Waals surface area contributed by atoms with Crippen LogP contribution in [0.1, 0.15) is 37.7 Å². The van der Waals surface area contributed by atoms with Crippen LogP contribution in [-0.4, -0.2) is 36.2 Å². The zero-order valence-corrected chi connectivity index (χ0v) is 12.7. The van der Waals surface area contributed by atoms with Crippen molar-refractivity contribution in [1.82, 2.24) is 10.2 Å². The van der Waals surface area contributed by atoms with E-state index in [0.29, 0.717) is 11.5 Å². The molecule has 3 aliphatic carbocycles. The summed E-state index contributed by atoms with van der Waals surface area (Å²) in [6.45, 7) is 4.41. The van der Waals surface area contributed by atoms with E-state index in [1.54, 1.807) is 0 Å². The molecule has 4 fully saturated rings. The van der Waals surface area contributed by atoms with Crippen molar-refractivity contribution in [3.05, 3.63) is 35.9 Å². The molecular formula is C18H25FN2. The van der Waals surface area contributed by atoms with E-state index >= 15 is 0 Å². The van der Waals surface area contributed by atoms with Gasteiger partial charge in [-0.05, 0) is 49.6 Å². The lowest BCUT2D eigenvalue weighted by atomic mass is 9.42. The van der Waals surface area contributed by atoms with Crippen LogP contribution in [0.25, 0.3) is 0 Å². The third kappa shape index (κ3) is 2.74. The smallest absolute Gasteiger partial charge is 0.112 e. The molecule has 3 saturated carbocycles. The van der Waals surface area contributed by atoms with Crippen molar-refractivity contribution in [2.75, 3.05) is 19.6 Å². The largest absolute Gasteiger partial charge is 0.312 e. The normalized spacial score (nSPS) is 38.6. The van der Waals surface area contributed by atoms with Crippen LogP contribution in [-0.2, 0) is 6.54 Å². The second-order valence-electron chi connectivity index (χ2n) is 7.62. The van der Waals surface area contributed by atoms with Gasteiger partial charge >= 0.3 is 0 Å². The van der Waals surface area contributed by atoms with E-state index in [1.165, 1.54) is 24.9 Å². The lowest BCUT2D eigenvalue weighted by Crippen LogP contribution is -2.68. The number of benzene rings is 1. The van der Waals surface area contributed by atoms with E-state index in [1.807, 2.05) is 0 Å². The standard InChI is InChI=1S/C18H25FN2/c19-18-11-17(12-18,13-18)14-20-16-7-4-8-21(10-16)9-15-5-2-1-3-6-15/h1-3,5-6,16,20H,4,7-14H2/t16-,17?,18?/m1/s1. The van der Waals surface area contributed by atoms with Crippen LogP contribution in [0, 0.1) is 5.41 Å². The molecule has 0 radical (unpaired) electrons. The van der Waals surface area contributed by atoms with Gasteiger partial charge in [0.05, 0.1) is 0 Å². The van der Waals surface area contributed by atoms with Gasteiger partial charge in [0.1, 0.15) is 5.67 Å². The van der Waals surface area contributed by atoms with Crippen molar-refractivity contribution in [1.29, 1.82) is 0 Å². The summed E-state index contributed by atoms with van der Waals surface area (Å²) in [4.78, 5) is 2.55. The van der Waals surface area contributed by atoms with Crippen molar-refractivity contribution in [2.45, 2.75) is 50.4 Å². The molecule has 1 atom stereocenters. The average molecular weight is 288 g/mol. The molecule has 1 aromatic rings. The van der Waals surface area contributed by atoms with Crippen LogP contribution in [0.2, 0.25) is 0 Å². The zero-order chi connectivity index (χ0) is 14.3. The van der Waals surface area contributed by atoms with Gasteiger partial charge in [-0.1, -0.05) is 30.3 Å². The predicted octanol–water partition coefficient (Wildman–Crippen LogP) is 3.13. The Labute approximate surface area is 126 Å². The Balaban J connectivity index is 1.25. The molecule has 1 heterocycles. The molecule has 0 unspecified atom stereocenters. The van der Waals surface area contributed by atoms with Gasteiger partial charge in [-0.3, -0.25) is 4.90 Å². The average Bonchev–Trinajstić information content (AvgIpc) is 2.43. The summed E-state index contributed by atoms with van der Waals surface area (Å²) in [6.07, 6.45) is 4.97. The minimum absolute atomic E-state index is 0.330. The topological polar surface area (TPSA) is 15.3 Å². The Hall–Kier alpha value is -0.930. The number of piperidine rings is 1. The summed E-state index contributed by atoms with van der Waals surface area (Å²) < 4.78 is 13.5. The fraction of sp³-hybridized carbons (Fsp3) is 0.667.